The topological polar surface area (TPSA) is 87.1 Å². The molecule has 0 bridgehead atoms. The van der Waals surface area contributed by atoms with E-state index in [9.17, 15) is 19.8 Å². The van der Waals surface area contributed by atoms with Crippen molar-refractivity contribution < 1.29 is 24.5 Å². The summed E-state index contributed by atoms with van der Waals surface area (Å²) in [6, 6.07) is 26.4. The van der Waals surface area contributed by atoms with E-state index >= 15 is 0 Å². The molecular formula is C33H31NO5. The van der Waals surface area contributed by atoms with Gasteiger partial charge in [-0.25, -0.2) is 0 Å². The molecule has 3 aromatic rings. The number of aliphatic hydroxyl groups is 1. The summed E-state index contributed by atoms with van der Waals surface area (Å²) in [4.78, 5) is 28.3. The van der Waals surface area contributed by atoms with E-state index in [1.807, 2.05) is 48.5 Å². The number of aliphatic hydroxyl groups excluding tert-OH is 1. The van der Waals surface area contributed by atoms with Gasteiger partial charge in [-0.1, -0.05) is 66.7 Å². The maximum absolute atomic E-state index is 13.6. The lowest BCUT2D eigenvalue weighted by atomic mass is 9.69. The number of ether oxygens (including phenoxy) is 1. The summed E-state index contributed by atoms with van der Waals surface area (Å²) < 4.78 is 6.30. The van der Waals surface area contributed by atoms with E-state index in [1.54, 1.807) is 24.3 Å². The van der Waals surface area contributed by atoms with E-state index in [2.05, 4.69) is 18.2 Å². The number of anilines is 1. The van der Waals surface area contributed by atoms with Gasteiger partial charge in [0.25, 0.3) is 0 Å². The first-order valence-electron chi connectivity index (χ1n) is 13.5. The van der Waals surface area contributed by atoms with Crippen LogP contribution in [0.25, 0.3) is 11.6 Å². The molecule has 0 saturated carbocycles. The SMILES string of the molecule is O=C1[C@@H]2[C@@H](CC(CO)=C3[C@@H](CC/C(=C/c4cccc(O)c4)c4ccccc4)OC[C@@H]32)C(=O)N1c1ccccc1. The second-order valence-electron chi connectivity index (χ2n) is 10.5. The van der Waals surface area contributed by atoms with Crippen molar-refractivity contribution in [1.82, 2.24) is 0 Å². The first-order valence-corrected chi connectivity index (χ1v) is 13.5. The molecule has 0 spiro atoms. The van der Waals surface area contributed by atoms with Crippen LogP contribution in [0.15, 0.2) is 96.1 Å². The van der Waals surface area contributed by atoms with Gasteiger partial charge >= 0.3 is 0 Å². The van der Waals surface area contributed by atoms with Crippen LogP contribution in [0.1, 0.15) is 30.4 Å². The smallest absolute Gasteiger partial charge is 0.238 e. The van der Waals surface area contributed by atoms with Crippen LogP contribution < -0.4 is 4.90 Å². The number of carbonyl (C=O) groups is 2. The third-order valence-electron chi connectivity index (χ3n) is 8.24. The average Bonchev–Trinajstić information content (AvgIpc) is 3.49. The first-order chi connectivity index (χ1) is 19.0. The Bertz CT molecular complexity index is 1450. The third kappa shape index (κ3) is 4.71. The Kier molecular flexibility index (Phi) is 6.90. The molecule has 6 heteroatoms. The molecule has 3 aliphatic rings. The van der Waals surface area contributed by atoms with E-state index in [4.69, 9.17) is 4.74 Å². The van der Waals surface area contributed by atoms with Crippen LogP contribution in [0.5, 0.6) is 5.75 Å². The molecule has 2 saturated heterocycles. The number of aromatic hydroxyl groups is 1. The van der Waals surface area contributed by atoms with Gasteiger partial charge in [-0.05, 0) is 71.4 Å². The van der Waals surface area contributed by atoms with Gasteiger partial charge in [0, 0.05) is 5.92 Å². The third-order valence-corrected chi connectivity index (χ3v) is 8.24. The highest BCUT2D eigenvalue weighted by Gasteiger charge is 2.57. The fraction of sp³-hybridized carbons (Fsp3) is 0.273. The van der Waals surface area contributed by atoms with Crippen molar-refractivity contribution in [2.45, 2.75) is 25.4 Å². The van der Waals surface area contributed by atoms with E-state index in [0.717, 1.165) is 27.8 Å². The Morgan fingerprint density at radius 2 is 1.67 bits per heavy atom. The normalized spacial score (nSPS) is 24.7. The highest BCUT2D eigenvalue weighted by Crippen LogP contribution is 2.50. The summed E-state index contributed by atoms with van der Waals surface area (Å²) in [6.45, 7) is 0.218. The van der Waals surface area contributed by atoms with Gasteiger partial charge in [-0.2, -0.15) is 0 Å². The molecule has 1 aliphatic carbocycles. The monoisotopic (exact) mass is 521 g/mol. The average molecular weight is 522 g/mol. The van der Waals surface area contributed by atoms with Crippen LogP contribution >= 0.6 is 0 Å². The second kappa shape index (κ2) is 10.6. The number of fused-ring (bicyclic) bond motifs is 3. The van der Waals surface area contributed by atoms with Crippen molar-refractivity contribution in [2.24, 2.45) is 17.8 Å². The molecule has 6 nitrogen and oxygen atoms in total. The number of carbonyl (C=O) groups excluding carboxylic acids is 2. The number of phenols is 1. The van der Waals surface area contributed by atoms with Crippen molar-refractivity contribution in [3.63, 3.8) is 0 Å². The lowest BCUT2D eigenvalue weighted by Crippen LogP contribution is -2.35. The molecule has 0 aromatic heterocycles. The van der Waals surface area contributed by atoms with Gasteiger partial charge in [0.1, 0.15) is 5.75 Å². The molecule has 3 aromatic carbocycles. The summed E-state index contributed by atoms with van der Waals surface area (Å²) in [7, 11) is 0. The predicted octanol–water partition coefficient (Wildman–Crippen LogP) is 5.23. The number of para-hydroxylation sites is 1. The molecule has 4 atom stereocenters. The Labute approximate surface area is 227 Å². The molecule has 0 unspecified atom stereocenters. The maximum Gasteiger partial charge on any atom is 0.238 e. The van der Waals surface area contributed by atoms with Crippen molar-refractivity contribution in [3.8, 4) is 5.75 Å². The predicted molar refractivity (Wildman–Crippen MR) is 150 cm³/mol. The van der Waals surface area contributed by atoms with Gasteiger partial charge in [-0.15, -0.1) is 0 Å². The van der Waals surface area contributed by atoms with Crippen molar-refractivity contribution >= 4 is 29.2 Å². The number of imide groups is 1. The van der Waals surface area contributed by atoms with E-state index in [1.165, 1.54) is 4.90 Å². The van der Waals surface area contributed by atoms with E-state index < -0.39 is 11.8 Å². The molecule has 6 rings (SSSR count). The Morgan fingerprint density at radius 1 is 0.923 bits per heavy atom. The summed E-state index contributed by atoms with van der Waals surface area (Å²) in [5.74, 6) is -1.30. The van der Waals surface area contributed by atoms with Gasteiger partial charge in [-0.3, -0.25) is 14.5 Å². The minimum absolute atomic E-state index is 0.146. The van der Waals surface area contributed by atoms with Crippen molar-refractivity contribution in [1.29, 1.82) is 0 Å². The van der Waals surface area contributed by atoms with E-state index in [0.29, 0.717) is 31.6 Å². The van der Waals surface area contributed by atoms with Crippen LogP contribution in [-0.2, 0) is 14.3 Å². The lowest BCUT2D eigenvalue weighted by Gasteiger charge is -2.31. The summed E-state index contributed by atoms with van der Waals surface area (Å²) in [5, 5.41) is 20.3. The molecular weight excluding hydrogens is 490 g/mol. The number of hydrogen-bond donors (Lipinski definition) is 2. The highest BCUT2D eigenvalue weighted by molar-refractivity contribution is 6.22. The molecule has 198 valence electrons. The molecule has 39 heavy (non-hydrogen) atoms. The van der Waals surface area contributed by atoms with Crippen molar-refractivity contribution in [3.05, 3.63) is 107 Å². The number of nitrogens with zero attached hydrogens (tertiary/aromatic N) is 1. The van der Waals surface area contributed by atoms with Gasteiger partial charge < -0.3 is 14.9 Å². The standard InChI is InChI=1S/C33H31NO5/c35-19-24-18-27-31(33(38)34(32(27)37)25-11-5-2-6-12-25)28-20-39-29(30(24)28)15-14-23(22-9-3-1-4-10-22)16-21-8-7-13-26(36)17-21/h1-13,16-17,27-29,31,35-36H,14-15,18-20H2/b23-16-/t27-,28+,29-,31-/m1/s1. The van der Waals surface area contributed by atoms with Gasteiger partial charge in [0.05, 0.1) is 36.8 Å². The number of rotatable bonds is 7. The zero-order valence-electron chi connectivity index (χ0n) is 21.6. The molecule has 0 radical (unpaired) electrons. The fourth-order valence-electron chi connectivity index (χ4n) is 6.51. The summed E-state index contributed by atoms with van der Waals surface area (Å²) in [6.07, 6.45) is 3.61. The second-order valence-corrected chi connectivity index (χ2v) is 10.5. The zero-order valence-corrected chi connectivity index (χ0v) is 21.6. The van der Waals surface area contributed by atoms with Crippen LogP contribution in [0.3, 0.4) is 0 Å². The molecule has 2 amide bonds. The quantitative estimate of drug-likeness (QED) is 0.253. The minimum atomic E-state index is -0.471. The molecule has 2 N–H and O–H groups in total. The van der Waals surface area contributed by atoms with Crippen LogP contribution in [0.2, 0.25) is 0 Å². The van der Waals surface area contributed by atoms with Gasteiger partial charge in [0.2, 0.25) is 11.8 Å². The lowest BCUT2D eigenvalue weighted by molar-refractivity contribution is -0.122. The Morgan fingerprint density at radius 3 is 2.38 bits per heavy atom. The number of amides is 2. The maximum atomic E-state index is 13.6. The number of benzene rings is 3. The van der Waals surface area contributed by atoms with Crippen molar-refractivity contribution in [2.75, 3.05) is 18.1 Å². The van der Waals surface area contributed by atoms with E-state index in [-0.39, 0.29) is 36.2 Å². The summed E-state index contributed by atoms with van der Waals surface area (Å²) >= 11 is 0. The molecule has 2 heterocycles. The minimum Gasteiger partial charge on any atom is -0.508 e. The number of allylic oxidation sites excluding steroid dienone is 1. The fourth-order valence-corrected chi connectivity index (χ4v) is 6.51. The Balaban J connectivity index is 1.27. The first kappa shape index (κ1) is 25.3. The highest BCUT2D eigenvalue weighted by atomic mass is 16.5. The number of hydrogen-bond acceptors (Lipinski definition) is 5. The molecule has 2 aliphatic heterocycles. The van der Waals surface area contributed by atoms with Crippen LogP contribution in [0, 0.1) is 17.8 Å². The van der Waals surface area contributed by atoms with Crippen LogP contribution in [-0.4, -0.2) is 41.3 Å². The summed E-state index contributed by atoms with van der Waals surface area (Å²) in [5.41, 5.74) is 5.53. The van der Waals surface area contributed by atoms with Crippen LogP contribution in [0.4, 0.5) is 5.69 Å². The number of phenolic OH excluding ortho intramolecular Hbond substituents is 1. The largest absolute Gasteiger partial charge is 0.508 e. The van der Waals surface area contributed by atoms with Gasteiger partial charge in [0.15, 0.2) is 0 Å². The Hall–Kier alpha value is -4.00. The molecule has 2 fully saturated rings. The zero-order chi connectivity index (χ0) is 26.9.